The Hall–Kier alpha value is -3.61. The normalized spacial score (nSPS) is 14.4. The number of amides is 2. The van der Waals surface area contributed by atoms with E-state index in [0.29, 0.717) is 23.8 Å². The van der Waals surface area contributed by atoms with E-state index >= 15 is 0 Å². The van der Waals surface area contributed by atoms with E-state index in [1.54, 1.807) is 0 Å². The fraction of sp³-hybridized carbons (Fsp3) is 0.238. The minimum Gasteiger partial charge on any atom is -0.351 e. The van der Waals surface area contributed by atoms with Crippen molar-refractivity contribution in [2.24, 2.45) is 0 Å². The number of nitrogens with zero attached hydrogens (tertiary/aromatic N) is 2. The lowest BCUT2D eigenvalue weighted by Gasteiger charge is -2.17. The third-order valence-electron chi connectivity index (χ3n) is 5.12. The van der Waals surface area contributed by atoms with Crippen LogP contribution in [0.15, 0.2) is 42.2 Å². The second kappa shape index (κ2) is 8.97. The molecular formula is C21H16F5N5O2S. The molecular weight excluding hydrogens is 481 g/mol. The van der Waals surface area contributed by atoms with E-state index in [2.05, 4.69) is 25.9 Å². The molecule has 2 aromatic heterocycles. The summed E-state index contributed by atoms with van der Waals surface area (Å²) in [6.07, 6.45) is -1.61. The maximum Gasteiger partial charge on any atom is 0.418 e. The molecule has 1 aliphatic carbocycles. The average molecular weight is 497 g/mol. The van der Waals surface area contributed by atoms with Gasteiger partial charge in [0.1, 0.15) is 22.1 Å². The minimum absolute atomic E-state index is 0.187. The fourth-order valence-corrected chi connectivity index (χ4v) is 3.69. The van der Waals surface area contributed by atoms with Crippen molar-refractivity contribution >= 4 is 34.5 Å². The number of nitrogens with one attached hydrogen (secondary N) is 3. The van der Waals surface area contributed by atoms with Crippen LogP contribution in [0.4, 0.5) is 33.3 Å². The van der Waals surface area contributed by atoms with Crippen LogP contribution in [0.25, 0.3) is 0 Å². The van der Waals surface area contributed by atoms with Crippen LogP contribution in [-0.2, 0) is 17.5 Å². The van der Waals surface area contributed by atoms with Gasteiger partial charge in [0.25, 0.3) is 5.91 Å². The van der Waals surface area contributed by atoms with Gasteiger partial charge in [0.2, 0.25) is 5.91 Å². The Kier molecular flexibility index (Phi) is 6.21. The first kappa shape index (κ1) is 23.5. The predicted molar refractivity (Wildman–Crippen MR) is 112 cm³/mol. The molecule has 7 nitrogen and oxygen atoms in total. The van der Waals surface area contributed by atoms with Gasteiger partial charge in [-0.25, -0.2) is 8.78 Å². The van der Waals surface area contributed by atoms with Gasteiger partial charge >= 0.3 is 6.18 Å². The predicted octanol–water partition coefficient (Wildman–Crippen LogP) is 4.16. The van der Waals surface area contributed by atoms with Crippen molar-refractivity contribution in [2.45, 2.75) is 31.1 Å². The molecule has 3 N–H and O–H groups in total. The summed E-state index contributed by atoms with van der Waals surface area (Å²) in [5, 5.41) is 7.36. The quantitative estimate of drug-likeness (QED) is 0.426. The molecule has 178 valence electrons. The second-order valence-electron chi connectivity index (χ2n) is 7.52. The first-order chi connectivity index (χ1) is 16.1. The summed E-state index contributed by atoms with van der Waals surface area (Å²) in [4.78, 5) is 32.7. The Morgan fingerprint density at radius 2 is 1.88 bits per heavy atom. The zero-order valence-electron chi connectivity index (χ0n) is 17.2. The zero-order valence-corrected chi connectivity index (χ0v) is 18.0. The van der Waals surface area contributed by atoms with E-state index in [0.717, 1.165) is 35.7 Å². The van der Waals surface area contributed by atoms with Crippen LogP contribution in [0.1, 0.15) is 33.8 Å². The Labute approximate surface area is 193 Å². The smallest absolute Gasteiger partial charge is 0.351 e. The minimum atomic E-state index is -4.82. The lowest BCUT2D eigenvalue weighted by atomic mass is 10.1. The van der Waals surface area contributed by atoms with Crippen LogP contribution < -0.4 is 16.0 Å². The zero-order chi connectivity index (χ0) is 24.5. The fourth-order valence-electron chi connectivity index (χ4n) is 3.17. The molecule has 13 heteroatoms. The molecule has 0 atom stereocenters. The highest BCUT2D eigenvalue weighted by Crippen LogP contribution is 2.38. The highest BCUT2D eigenvalue weighted by atomic mass is 32.1. The number of pyridine rings is 1. The van der Waals surface area contributed by atoms with Gasteiger partial charge in [-0.05, 0) is 25.0 Å². The summed E-state index contributed by atoms with van der Waals surface area (Å²) in [6, 6.07) is 3.30. The molecule has 4 rings (SSSR count). The van der Waals surface area contributed by atoms with Crippen molar-refractivity contribution in [2.75, 3.05) is 5.32 Å². The number of hydrogen-bond acceptors (Lipinski definition) is 6. The van der Waals surface area contributed by atoms with Gasteiger partial charge in [0.15, 0.2) is 0 Å². The summed E-state index contributed by atoms with van der Waals surface area (Å²) in [5.74, 6) is -3.05. The molecule has 0 radical (unpaired) electrons. The average Bonchev–Trinajstić information content (AvgIpc) is 3.34. The number of halogens is 5. The van der Waals surface area contributed by atoms with Crippen molar-refractivity contribution in [3.63, 3.8) is 0 Å². The topological polar surface area (TPSA) is 96.0 Å². The third kappa shape index (κ3) is 4.98. The molecule has 1 aliphatic rings. The lowest BCUT2D eigenvalue weighted by Crippen LogP contribution is -2.48. The molecule has 2 amide bonds. The van der Waals surface area contributed by atoms with E-state index < -0.39 is 46.4 Å². The van der Waals surface area contributed by atoms with Crippen molar-refractivity contribution in [3.8, 4) is 0 Å². The van der Waals surface area contributed by atoms with Gasteiger partial charge < -0.3 is 16.0 Å². The number of anilines is 2. The van der Waals surface area contributed by atoms with Crippen LogP contribution in [0.5, 0.6) is 0 Å². The molecule has 0 bridgehead atoms. The SMILES string of the molecule is O=C(NC1(C(=O)NCc2ncc(Nc3c(F)cccc3C(F)(F)F)cc2F)CC1)c1cncs1. The molecule has 1 aromatic carbocycles. The van der Waals surface area contributed by atoms with Crippen LogP contribution in [-0.4, -0.2) is 27.3 Å². The van der Waals surface area contributed by atoms with Crippen molar-refractivity contribution < 1.29 is 31.5 Å². The largest absolute Gasteiger partial charge is 0.418 e. The van der Waals surface area contributed by atoms with Gasteiger partial charge in [-0.2, -0.15) is 13.2 Å². The molecule has 0 aliphatic heterocycles. The van der Waals surface area contributed by atoms with E-state index in [-0.39, 0.29) is 17.9 Å². The third-order valence-corrected chi connectivity index (χ3v) is 5.89. The van der Waals surface area contributed by atoms with Gasteiger partial charge in [-0.1, -0.05) is 6.07 Å². The van der Waals surface area contributed by atoms with Crippen molar-refractivity contribution in [1.29, 1.82) is 0 Å². The first-order valence-corrected chi connectivity index (χ1v) is 10.7. The number of carbonyl (C=O) groups excluding carboxylic acids is 2. The van der Waals surface area contributed by atoms with Gasteiger partial charge in [-0.3, -0.25) is 19.6 Å². The molecule has 1 saturated carbocycles. The maximum absolute atomic E-state index is 14.5. The summed E-state index contributed by atoms with van der Waals surface area (Å²) >= 11 is 1.12. The Morgan fingerprint density at radius 3 is 2.50 bits per heavy atom. The summed E-state index contributed by atoms with van der Waals surface area (Å²) in [7, 11) is 0. The molecule has 34 heavy (non-hydrogen) atoms. The number of rotatable bonds is 7. The number of aromatic nitrogens is 2. The number of alkyl halides is 3. The van der Waals surface area contributed by atoms with Gasteiger partial charge in [0, 0.05) is 6.07 Å². The number of benzene rings is 1. The lowest BCUT2D eigenvalue weighted by molar-refractivity contribution is -0.137. The Balaban J connectivity index is 1.41. The van der Waals surface area contributed by atoms with E-state index in [4.69, 9.17) is 0 Å². The molecule has 0 saturated heterocycles. The number of carbonyl (C=O) groups is 2. The highest BCUT2D eigenvalue weighted by molar-refractivity contribution is 7.11. The van der Waals surface area contributed by atoms with E-state index in [1.165, 1.54) is 11.7 Å². The molecule has 3 aromatic rings. The molecule has 0 unspecified atom stereocenters. The van der Waals surface area contributed by atoms with Crippen molar-refractivity contribution in [3.05, 3.63) is 69.9 Å². The van der Waals surface area contributed by atoms with Gasteiger partial charge in [0.05, 0.1) is 47.1 Å². The van der Waals surface area contributed by atoms with Crippen LogP contribution in [0.2, 0.25) is 0 Å². The Morgan fingerprint density at radius 1 is 1.12 bits per heavy atom. The van der Waals surface area contributed by atoms with Crippen molar-refractivity contribution in [1.82, 2.24) is 20.6 Å². The second-order valence-corrected chi connectivity index (χ2v) is 8.41. The molecule has 1 fully saturated rings. The summed E-state index contributed by atoms with van der Waals surface area (Å²) < 4.78 is 67.9. The Bertz CT molecular complexity index is 1230. The van der Waals surface area contributed by atoms with E-state index in [9.17, 15) is 31.5 Å². The number of thiazole rings is 1. The molecule has 2 heterocycles. The van der Waals surface area contributed by atoms with Gasteiger partial charge in [-0.15, -0.1) is 11.3 Å². The standard InChI is InChI=1S/C21H16F5N5O2S/c22-13-3-1-2-12(21(24,25)26)17(13)30-11-6-14(23)15(28-7-11)8-29-19(33)20(4-5-20)31-18(32)16-9-27-10-34-16/h1-3,6-7,9-10,30H,4-5,8H2,(H,29,33)(H,31,32). The van der Waals surface area contributed by atoms with E-state index in [1.807, 2.05) is 0 Å². The first-order valence-electron chi connectivity index (χ1n) is 9.85. The number of para-hydroxylation sites is 1. The number of hydrogen-bond donors (Lipinski definition) is 3. The summed E-state index contributed by atoms with van der Waals surface area (Å²) in [6.45, 7) is -0.323. The summed E-state index contributed by atoms with van der Waals surface area (Å²) in [5.41, 5.74) is -2.12. The van der Waals surface area contributed by atoms with Crippen LogP contribution in [0.3, 0.4) is 0 Å². The van der Waals surface area contributed by atoms with Crippen LogP contribution in [0, 0.1) is 11.6 Å². The highest BCUT2D eigenvalue weighted by Gasteiger charge is 2.51. The maximum atomic E-state index is 14.5. The monoisotopic (exact) mass is 497 g/mol. The van der Waals surface area contributed by atoms with Crippen LogP contribution >= 0.6 is 11.3 Å². The molecule has 0 spiro atoms.